The van der Waals surface area contributed by atoms with E-state index in [0.717, 1.165) is 0 Å². The lowest BCUT2D eigenvalue weighted by Gasteiger charge is -2.10. The van der Waals surface area contributed by atoms with Gasteiger partial charge in [-0.05, 0) is 23.8 Å². The fourth-order valence-electron chi connectivity index (χ4n) is 1.36. The summed E-state index contributed by atoms with van der Waals surface area (Å²) in [7, 11) is 0. The molecule has 1 rings (SSSR count). The van der Waals surface area contributed by atoms with E-state index < -0.39 is 0 Å². The highest BCUT2D eigenvalue weighted by molar-refractivity contribution is 5.22. The second kappa shape index (κ2) is 3.74. The van der Waals surface area contributed by atoms with Crippen molar-refractivity contribution in [2.75, 3.05) is 0 Å². The average molecular weight is 166 g/mol. The predicted molar refractivity (Wildman–Crippen MR) is 51.4 cm³/mol. The van der Waals surface area contributed by atoms with Crippen molar-refractivity contribution < 1.29 is 0 Å². The van der Waals surface area contributed by atoms with Gasteiger partial charge in [0.15, 0.2) is 0 Å². The van der Waals surface area contributed by atoms with E-state index >= 15 is 0 Å². The lowest BCUT2D eigenvalue weighted by Crippen LogP contribution is -1.98. The first-order chi connectivity index (χ1) is 5.66. The highest BCUT2D eigenvalue weighted by atomic mass is 15.1. The van der Waals surface area contributed by atoms with Crippen molar-refractivity contribution in [3.05, 3.63) is 17.5 Å². The van der Waals surface area contributed by atoms with E-state index in [4.69, 9.17) is 0 Å². The third kappa shape index (κ3) is 1.68. The molecular formula is C10H18N2. The zero-order valence-electron chi connectivity index (χ0n) is 8.39. The largest absolute Gasteiger partial charge is 0.282 e. The van der Waals surface area contributed by atoms with Gasteiger partial charge in [0, 0.05) is 5.69 Å². The number of hydrogen-bond acceptors (Lipinski definition) is 1. The van der Waals surface area contributed by atoms with Crippen molar-refractivity contribution in [2.45, 2.75) is 46.0 Å². The van der Waals surface area contributed by atoms with Crippen LogP contribution >= 0.6 is 0 Å². The number of nitrogens with one attached hydrogen (secondary N) is 1. The Kier molecular flexibility index (Phi) is 2.90. The molecule has 0 aliphatic carbocycles. The number of nitrogens with zero attached hydrogens (tertiary/aromatic N) is 1. The van der Waals surface area contributed by atoms with Gasteiger partial charge in [-0.1, -0.05) is 27.7 Å². The van der Waals surface area contributed by atoms with Crippen LogP contribution in [-0.4, -0.2) is 10.2 Å². The maximum atomic E-state index is 4.09. The second-order valence-corrected chi connectivity index (χ2v) is 3.70. The minimum atomic E-state index is 0.577. The summed E-state index contributed by atoms with van der Waals surface area (Å²) in [5.74, 6) is 1.18. The van der Waals surface area contributed by atoms with E-state index in [9.17, 15) is 0 Å². The molecule has 0 spiro atoms. The normalized spacial score (nSPS) is 13.8. The Hall–Kier alpha value is -0.790. The first-order valence-corrected chi connectivity index (χ1v) is 4.70. The molecule has 1 heterocycles. The molecule has 0 aliphatic rings. The Morgan fingerprint density at radius 3 is 2.58 bits per heavy atom. The zero-order chi connectivity index (χ0) is 9.14. The van der Waals surface area contributed by atoms with Gasteiger partial charge in [0.2, 0.25) is 0 Å². The minimum Gasteiger partial charge on any atom is -0.282 e. The Morgan fingerprint density at radius 2 is 2.08 bits per heavy atom. The Bertz CT molecular complexity index is 238. The number of aromatic nitrogens is 2. The van der Waals surface area contributed by atoms with Crippen molar-refractivity contribution in [3.63, 3.8) is 0 Å². The third-order valence-corrected chi connectivity index (χ3v) is 2.43. The predicted octanol–water partition coefficient (Wildman–Crippen LogP) is 3.05. The van der Waals surface area contributed by atoms with E-state index in [1.807, 2.05) is 6.20 Å². The lowest BCUT2D eigenvalue weighted by molar-refractivity contribution is 0.684. The number of hydrogen-bond donors (Lipinski definition) is 1. The summed E-state index contributed by atoms with van der Waals surface area (Å²) in [6.45, 7) is 8.85. The quantitative estimate of drug-likeness (QED) is 0.734. The molecule has 2 nitrogen and oxygen atoms in total. The van der Waals surface area contributed by atoms with Crippen LogP contribution in [0.2, 0.25) is 0 Å². The van der Waals surface area contributed by atoms with Crippen LogP contribution in [0.1, 0.15) is 57.2 Å². The van der Waals surface area contributed by atoms with E-state index in [2.05, 4.69) is 37.9 Å². The van der Waals surface area contributed by atoms with Gasteiger partial charge in [-0.3, -0.25) is 5.10 Å². The first kappa shape index (κ1) is 9.30. The summed E-state index contributed by atoms with van der Waals surface area (Å²) in [6.07, 6.45) is 3.12. The van der Waals surface area contributed by atoms with E-state index in [0.29, 0.717) is 11.8 Å². The smallest absolute Gasteiger partial charge is 0.0524 e. The maximum Gasteiger partial charge on any atom is 0.0524 e. The molecule has 1 atom stereocenters. The summed E-state index contributed by atoms with van der Waals surface area (Å²) >= 11 is 0. The van der Waals surface area contributed by atoms with Gasteiger partial charge in [0.25, 0.3) is 0 Å². The summed E-state index contributed by atoms with van der Waals surface area (Å²) in [6, 6.07) is 0. The summed E-state index contributed by atoms with van der Waals surface area (Å²) in [5.41, 5.74) is 2.68. The molecule has 0 saturated carbocycles. The summed E-state index contributed by atoms with van der Waals surface area (Å²) in [4.78, 5) is 0. The molecule has 1 unspecified atom stereocenters. The van der Waals surface area contributed by atoms with Crippen LogP contribution in [0.15, 0.2) is 6.20 Å². The van der Waals surface area contributed by atoms with Gasteiger partial charge in [-0.2, -0.15) is 5.10 Å². The molecule has 1 N–H and O–H groups in total. The van der Waals surface area contributed by atoms with Crippen LogP contribution in [-0.2, 0) is 0 Å². The van der Waals surface area contributed by atoms with Gasteiger partial charge < -0.3 is 0 Å². The Labute approximate surface area is 74.4 Å². The number of aromatic amines is 1. The van der Waals surface area contributed by atoms with Crippen molar-refractivity contribution in [1.82, 2.24) is 10.2 Å². The van der Waals surface area contributed by atoms with Crippen LogP contribution in [0.5, 0.6) is 0 Å². The molecule has 0 bridgehead atoms. The molecule has 0 amide bonds. The monoisotopic (exact) mass is 166 g/mol. The van der Waals surface area contributed by atoms with E-state index in [-0.39, 0.29) is 0 Å². The fraction of sp³-hybridized carbons (Fsp3) is 0.700. The first-order valence-electron chi connectivity index (χ1n) is 4.70. The Morgan fingerprint density at radius 1 is 1.42 bits per heavy atom. The van der Waals surface area contributed by atoms with Crippen molar-refractivity contribution in [2.24, 2.45) is 0 Å². The zero-order valence-corrected chi connectivity index (χ0v) is 8.39. The molecule has 68 valence electrons. The average Bonchev–Trinajstić information content (AvgIpc) is 2.50. The molecular weight excluding hydrogens is 148 g/mol. The molecule has 12 heavy (non-hydrogen) atoms. The van der Waals surface area contributed by atoms with Crippen LogP contribution in [0.3, 0.4) is 0 Å². The van der Waals surface area contributed by atoms with Gasteiger partial charge in [0.05, 0.1) is 6.20 Å². The standard InChI is InChI=1S/C10H18N2/c1-5-8(4)10-9(7(2)3)6-11-12-10/h6-8H,5H2,1-4H3,(H,11,12). The summed E-state index contributed by atoms with van der Waals surface area (Å²) in [5, 5.41) is 7.18. The van der Waals surface area contributed by atoms with Crippen LogP contribution < -0.4 is 0 Å². The second-order valence-electron chi connectivity index (χ2n) is 3.70. The van der Waals surface area contributed by atoms with Crippen molar-refractivity contribution in [3.8, 4) is 0 Å². The van der Waals surface area contributed by atoms with Gasteiger partial charge in [-0.25, -0.2) is 0 Å². The highest BCUT2D eigenvalue weighted by Crippen LogP contribution is 2.25. The molecule has 1 aromatic heterocycles. The number of rotatable bonds is 3. The SMILES string of the molecule is CCC(C)c1[nH]ncc1C(C)C. The Balaban J connectivity index is 2.91. The molecule has 2 heteroatoms. The maximum absolute atomic E-state index is 4.09. The van der Waals surface area contributed by atoms with E-state index in [1.54, 1.807) is 0 Å². The highest BCUT2D eigenvalue weighted by Gasteiger charge is 2.12. The molecule has 0 aromatic carbocycles. The molecule has 0 aliphatic heterocycles. The molecule has 1 aromatic rings. The van der Waals surface area contributed by atoms with Gasteiger partial charge in [-0.15, -0.1) is 0 Å². The van der Waals surface area contributed by atoms with Crippen LogP contribution in [0.4, 0.5) is 0 Å². The molecule has 0 radical (unpaired) electrons. The van der Waals surface area contributed by atoms with Gasteiger partial charge >= 0.3 is 0 Å². The van der Waals surface area contributed by atoms with E-state index in [1.165, 1.54) is 17.7 Å². The van der Waals surface area contributed by atoms with Crippen LogP contribution in [0.25, 0.3) is 0 Å². The van der Waals surface area contributed by atoms with Crippen molar-refractivity contribution >= 4 is 0 Å². The minimum absolute atomic E-state index is 0.577. The van der Waals surface area contributed by atoms with Crippen LogP contribution in [0, 0.1) is 0 Å². The summed E-state index contributed by atoms with van der Waals surface area (Å²) < 4.78 is 0. The molecule has 0 saturated heterocycles. The fourth-order valence-corrected chi connectivity index (χ4v) is 1.36. The lowest BCUT2D eigenvalue weighted by atomic mass is 9.95. The topological polar surface area (TPSA) is 28.7 Å². The molecule has 0 fully saturated rings. The van der Waals surface area contributed by atoms with Gasteiger partial charge in [0.1, 0.15) is 0 Å². The number of H-pyrrole nitrogens is 1. The third-order valence-electron chi connectivity index (χ3n) is 2.43. The van der Waals surface area contributed by atoms with Crippen molar-refractivity contribution in [1.29, 1.82) is 0 Å².